The molecule has 5 heteroatoms. The van der Waals surface area contributed by atoms with Crippen LogP contribution in [-0.4, -0.2) is 24.3 Å². The van der Waals surface area contributed by atoms with E-state index in [0.717, 1.165) is 27.8 Å². The lowest BCUT2D eigenvalue weighted by Crippen LogP contribution is -2.22. The lowest BCUT2D eigenvalue weighted by molar-refractivity contribution is 0.451. The number of nitrogens with zero attached hydrogens (tertiary/aromatic N) is 2. The first kappa shape index (κ1) is 16.6. The normalized spacial score (nSPS) is 15.7. The van der Waals surface area contributed by atoms with Crippen LogP contribution in [0.2, 0.25) is 0 Å². The van der Waals surface area contributed by atoms with E-state index in [1.807, 2.05) is 30.3 Å². The molecule has 0 bridgehead atoms. The van der Waals surface area contributed by atoms with Crippen LogP contribution in [0.4, 0.5) is 11.7 Å². The Labute approximate surface area is 153 Å². The van der Waals surface area contributed by atoms with Crippen molar-refractivity contribution in [2.75, 3.05) is 18.1 Å². The summed E-state index contributed by atoms with van der Waals surface area (Å²) in [6.45, 7) is 0. The summed E-state index contributed by atoms with van der Waals surface area (Å²) in [5.74, 6) is 0. The first-order chi connectivity index (χ1) is 12.7. The third-order valence-corrected chi connectivity index (χ3v) is 5.01. The van der Waals surface area contributed by atoms with Gasteiger partial charge in [-0.3, -0.25) is 4.99 Å². The summed E-state index contributed by atoms with van der Waals surface area (Å²) < 4.78 is 5.87. The number of anilines is 2. The number of benzene rings is 2. The monoisotopic (exact) mass is 348 g/mol. The van der Waals surface area contributed by atoms with E-state index in [-0.39, 0.29) is 0 Å². The molecule has 4 rings (SSSR count). The second kappa shape index (κ2) is 7.20. The van der Waals surface area contributed by atoms with Crippen molar-refractivity contribution in [1.29, 1.82) is 0 Å². The highest BCUT2D eigenvalue weighted by Gasteiger charge is 2.16. The van der Waals surface area contributed by atoms with Crippen LogP contribution in [0.15, 0.2) is 45.8 Å². The van der Waals surface area contributed by atoms with Gasteiger partial charge in [-0.2, -0.15) is 4.98 Å². The molecule has 1 aliphatic rings. The van der Waals surface area contributed by atoms with Gasteiger partial charge in [0.05, 0.1) is 0 Å². The number of nitrogen functional groups attached to an aromatic ring is 1. The molecule has 1 fully saturated rings. The molecule has 3 N–H and O–H groups in total. The second-order valence-corrected chi connectivity index (χ2v) is 6.91. The Morgan fingerprint density at radius 3 is 2.65 bits per heavy atom. The molecule has 0 unspecified atom stereocenters. The van der Waals surface area contributed by atoms with Crippen molar-refractivity contribution in [2.24, 2.45) is 4.99 Å². The number of nitrogens with one attached hydrogen (secondary N) is 1. The SMILES string of the molecule is CN=Cc1ccc(-c2ccc3oc(NC4CCCCC4)nc3c2)cc1N. The predicted octanol–water partition coefficient (Wildman–Crippen LogP) is 4.87. The number of hydrogen-bond acceptors (Lipinski definition) is 5. The lowest BCUT2D eigenvalue weighted by Gasteiger charge is -2.21. The van der Waals surface area contributed by atoms with E-state index in [4.69, 9.17) is 10.2 Å². The van der Waals surface area contributed by atoms with E-state index >= 15 is 0 Å². The number of hydrogen-bond donors (Lipinski definition) is 2. The Hall–Kier alpha value is -2.82. The van der Waals surface area contributed by atoms with Crippen LogP contribution in [-0.2, 0) is 0 Å². The minimum Gasteiger partial charge on any atom is -0.424 e. The van der Waals surface area contributed by atoms with E-state index < -0.39 is 0 Å². The zero-order chi connectivity index (χ0) is 17.9. The Bertz CT molecular complexity index is 938. The Morgan fingerprint density at radius 1 is 1.12 bits per heavy atom. The molecular formula is C21H24N4O. The number of rotatable bonds is 4. The van der Waals surface area contributed by atoms with Gasteiger partial charge in [0, 0.05) is 30.6 Å². The topological polar surface area (TPSA) is 76.4 Å². The lowest BCUT2D eigenvalue weighted by atomic mass is 9.96. The molecule has 1 heterocycles. The van der Waals surface area contributed by atoms with Gasteiger partial charge < -0.3 is 15.5 Å². The van der Waals surface area contributed by atoms with Gasteiger partial charge >= 0.3 is 0 Å². The van der Waals surface area contributed by atoms with Gasteiger partial charge in [0.2, 0.25) is 0 Å². The molecule has 0 radical (unpaired) electrons. The molecule has 1 aromatic heterocycles. The summed E-state index contributed by atoms with van der Waals surface area (Å²) in [7, 11) is 1.74. The standard InChI is InChI=1S/C21H24N4O/c1-23-13-16-8-7-14(11-18(16)22)15-9-10-20-19(12-15)25-21(26-20)24-17-5-3-2-4-6-17/h7-13,17H,2-6,22H2,1H3,(H,24,25). The molecule has 0 atom stereocenters. The van der Waals surface area contributed by atoms with Crippen molar-refractivity contribution in [3.8, 4) is 11.1 Å². The summed E-state index contributed by atoms with van der Waals surface area (Å²) in [6, 6.07) is 13.2. The summed E-state index contributed by atoms with van der Waals surface area (Å²) >= 11 is 0. The molecule has 1 aliphatic carbocycles. The minimum atomic E-state index is 0.476. The van der Waals surface area contributed by atoms with Crippen molar-refractivity contribution < 1.29 is 4.42 Å². The molecule has 0 aliphatic heterocycles. The van der Waals surface area contributed by atoms with Gasteiger partial charge in [0.25, 0.3) is 6.01 Å². The van der Waals surface area contributed by atoms with Crippen LogP contribution in [0.5, 0.6) is 0 Å². The van der Waals surface area contributed by atoms with E-state index in [1.54, 1.807) is 13.3 Å². The molecule has 0 saturated heterocycles. The molecular weight excluding hydrogens is 324 g/mol. The summed E-state index contributed by atoms with van der Waals surface area (Å²) in [5, 5.41) is 3.45. The fourth-order valence-corrected chi connectivity index (χ4v) is 3.60. The van der Waals surface area contributed by atoms with Crippen molar-refractivity contribution in [3.05, 3.63) is 42.0 Å². The van der Waals surface area contributed by atoms with Crippen molar-refractivity contribution in [2.45, 2.75) is 38.1 Å². The largest absolute Gasteiger partial charge is 0.424 e. The first-order valence-corrected chi connectivity index (χ1v) is 9.22. The zero-order valence-corrected chi connectivity index (χ0v) is 15.0. The predicted molar refractivity (Wildman–Crippen MR) is 108 cm³/mol. The third kappa shape index (κ3) is 3.43. The Balaban J connectivity index is 1.60. The number of aliphatic imine (C=N–C) groups is 1. The zero-order valence-electron chi connectivity index (χ0n) is 15.0. The Kier molecular flexibility index (Phi) is 4.61. The van der Waals surface area contributed by atoms with E-state index in [9.17, 15) is 0 Å². The van der Waals surface area contributed by atoms with Crippen molar-refractivity contribution >= 4 is 29.0 Å². The van der Waals surface area contributed by atoms with Crippen LogP contribution in [0.1, 0.15) is 37.7 Å². The molecule has 26 heavy (non-hydrogen) atoms. The molecule has 5 nitrogen and oxygen atoms in total. The van der Waals surface area contributed by atoms with Crippen LogP contribution in [0, 0.1) is 0 Å². The van der Waals surface area contributed by atoms with Gasteiger partial charge in [-0.15, -0.1) is 0 Å². The van der Waals surface area contributed by atoms with Crippen LogP contribution in [0.25, 0.3) is 22.2 Å². The van der Waals surface area contributed by atoms with E-state index in [2.05, 4.69) is 21.4 Å². The maximum Gasteiger partial charge on any atom is 0.295 e. The van der Waals surface area contributed by atoms with Gasteiger partial charge in [-0.05, 0) is 42.2 Å². The molecule has 2 aromatic carbocycles. The molecule has 134 valence electrons. The highest BCUT2D eigenvalue weighted by molar-refractivity contribution is 5.89. The maximum atomic E-state index is 6.13. The average Bonchev–Trinajstić information content (AvgIpc) is 3.05. The smallest absolute Gasteiger partial charge is 0.295 e. The highest BCUT2D eigenvalue weighted by atomic mass is 16.4. The third-order valence-electron chi connectivity index (χ3n) is 5.01. The second-order valence-electron chi connectivity index (χ2n) is 6.91. The first-order valence-electron chi connectivity index (χ1n) is 9.22. The summed E-state index contributed by atoms with van der Waals surface area (Å²) in [4.78, 5) is 8.66. The van der Waals surface area contributed by atoms with Crippen LogP contribution >= 0.6 is 0 Å². The summed E-state index contributed by atoms with van der Waals surface area (Å²) in [5.41, 5.74) is 11.6. The van der Waals surface area contributed by atoms with Gasteiger partial charge in [0.1, 0.15) is 5.52 Å². The molecule has 0 amide bonds. The summed E-state index contributed by atoms with van der Waals surface area (Å²) in [6.07, 6.45) is 8.04. The van der Waals surface area contributed by atoms with E-state index in [1.165, 1.54) is 32.1 Å². The molecule has 1 saturated carbocycles. The van der Waals surface area contributed by atoms with E-state index in [0.29, 0.717) is 17.7 Å². The Morgan fingerprint density at radius 2 is 1.88 bits per heavy atom. The number of fused-ring (bicyclic) bond motifs is 1. The number of oxazole rings is 1. The van der Waals surface area contributed by atoms with Gasteiger partial charge in [0.15, 0.2) is 5.58 Å². The van der Waals surface area contributed by atoms with Gasteiger partial charge in [-0.1, -0.05) is 37.5 Å². The van der Waals surface area contributed by atoms with Crippen LogP contribution in [0.3, 0.4) is 0 Å². The average molecular weight is 348 g/mol. The fourth-order valence-electron chi connectivity index (χ4n) is 3.60. The van der Waals surface area contributed by atoms with Crippen LogP contribution < -0.4 is 11.1 Å². The maximum absolute atomic E-state index is 6.13. The quantitative estimate of drug-likeness (QED) is 0.521. The minimum absolute atomic E-state index is 0.476. The van der Waals surface area contributed by atoms with Gasteiger partial charge in [-0.25, -0.2) is 0 Å². The number of aromatic nitrogens is 1. The van der Waals surface area contributed by atoms with Crippen molar-refractivity contribution in [3.63, 3.8) is 0 Å². The highest BCUT2D eigenvalue weighted by Crippen LogP contribution is 2.29. The van der Waals surface area contributed by atoms with Crippen molar-refractivity contribution in [1.82, 2.24) is 4.98 Å². The molecule has 3 aromatic rings. The molecule has 0 spiro atoms. The fraction of sp³-hybridized carbons (Fsp3) is 0.333. The number of nitrogens with two attached hydrogens (primary N) is 1.